The number of hydrogen-bond acceptors (Lipinski definition) is 17. The van der Waals surface area contributed by atoms with Gasteiger partial charge in [0.1, 0.15) is 36.8 Å². The molecule has 0 aromatic heterocycles. The molecule has 0 bridgehead atoms. The summed E-state index contributed by atoms with van der Waals surface area (Å²) in [5.74, 6) is -2.78. The topological polar surface area (TPSA) is 215 Å². The molecule has 16 atom stereocenters. The summed E-state index contributed by atoms with van der Waals surface area (Å²) in [5.41, 5.74) is -1.32. The van der Waals surface area contributed by atoms with Crippen LogP contribution in [0.3, 0.4) is 0 Å². The second-order valence-electron chi connectivity index (χ2n) is 17.6. The standard InChI is InChI=1S/C45H74N2O16/c1-13-18-34(51)60-42-29(6)57-36(25-45(42,7)63-33(50)14-2)61-39-28(5)58-43(38(53)37(39)46(8)9)62-40-30(21-22-48)23-26(3)31(49)20-17-15-16-19-27(4)56-35(52)24-32(41(40)55-12)59-44(54)47(10)11/h15-17,20,22,26-32,36-43,49,53H,13-14,18-19,21,23-25H2,1-12H3/b16-15+,20-17+/t26-,27-,28-,29-,30+,31+,32-,36+,37-,38-,39-,40+,41+,42-,43+,45+/m1/s1. The minimum atomic E-state index is -1.43. The molecular weight excluding hydrogens is 824 g/mol. The van der Waals surface area contributed by atoms with Gasteiger partial charge >= 0.3 is 24.0 Å². The highest BCUT2D eigenvalue weighted by Crippen LogP contribution is 2.39. The monoisotopic (exact) mass is 899 g/mol. The number of allylic oxidation sites excluding steroid dienone is 2. The fourth-order valence-electron chi connectivity index (χ4n) is 8.40. The van der Waals surface area contributed by atoms with Crippen molar-refractivity contribution in [3.8, 4) is 0 Å². The maximum Gasteiger partial charge on any atom is 0.409 e. The third-order valence-corrected chi connectivity index (χ3v) is 11.7. The number of nitrogens with zero attached hydrogens (tertiary/aromatic N) is 2. The molecule has 1 amide bonds. The van der Waals surface area contributed by atoms with Crippen molar-refractivity contribution >= 4 is 30.3 Å². The summed E-state index contributed by atoms with van der Waals surface area (Å²) in [7, 11) is 7.81. The molecular formula is C45H74N2O16. The number of carbonyl (C=O) groups excluding carboxylic acids is 5. The number of likely N-dealkylation sites (N-methyl/N-ethyl adjacent to an activating group) is 1. The van der Waals surface area contributed by atoms with E-state index in [-0.39, 0.29) is 32.1 Å². The number of aliphatic hydroxyl groups excluding tert-OH is 2. The van der Waals surface area contributed by atoms with E-state index in [0.29, 0.717) is 19.1 Å². The van der Waals surface area contributed by atoms with Gasteiger partial charge in [-0.3, -0.25) is 14.4 Å². The predicted molar refractivity (Wildman–Crippen MR) is 228 cm³/mol. The maximum atomic E-state index is 13.4. The van der Waals surface area contributed by atoms with E-state index < -0.39 is 128 Å². The number of rotatable bonds is 14. The molecule has 0 aromatic rings. The fourth-order valence-corrected chi connectivity index (χ4v) is 8.40. The summed E-state index contributed by atoms with van der Waals surface area (Å²) < 4.78 is 55.4. The van der Waals surface area contributed by atoms with Gasteiger partial charge < -0.3 is 67.4 Å². The number of ether oxygens (including phenoxy) is 9. The van der Waals surface area contributed by atoms with E-state index in [1.54, 1.807) is 77.9 Å². The predicted octanol–water partition coefficient (Wildman–Crippen LogP) is 3.86. The molecule has 0 radical (unpaired) electrons. The molecule has 0 saturated carbocycles. The Kier molecular flexibility index (Phi) is 21.6. The number of cyclic esters (lactones) is 1. The highest BCUT2D eigenvalue weighted by molar-refractivity contribution is 5.72. The average molecular weight is 899 g/mol. The number of amides is 1. The molecule has 3 rings (SSSR count). The van der Waals surface area contributed by atoms with Gasteiger partial charge in [-0.15, -0.1) is 0 Å². The van der Waals surface area contributed by atoms with Crippen LogP contribution in [0.2, 0.25) is 0 Å². The lowest BCUT2D eigenvalue weighted by Crippen LogP contribution is -2.66. The van der Waals surface area contributed by atoms with Crippen LogP contribution in [0, 0.1) is 11.8 Å². The van der Waals surface area contributed by atoms with Crippen LogP contribution in [0.1, 0.15) is 99.8 Å². The van der Waals surface area contributed by atoms with Gasteiger partial charge in [0, 0.05) is 53.3 Å². The Morgan fingerprint density at radius 3 is 2.24 bits per heavy atom. The third-order valence-electron chi connectivity index (χ3n) is 11.7. The second-order valence-corrected chi connectivity index (χ2v) is 17.6. The van der Waals surface area contributed by atoms with Crippen molar-refractivity contribution in [1.29, 1.82) is 0 Å². The summed E-state index contributed by atoms with van der Waals surface area (Å²) in [4.78, 5) is 67.3. The summed E-state index contributed by atoms with van der Waals surface area (Å²) in [6.07, 6.45) is -4.75. The normalized spacial score (nSPS) is 38.1. The van der Waals surface area contributed by atoms with Crippen LogP contribution in [0.5, 0.6) is 0 Å². The molecule has 18 nitrogen and oxygen atoms in total. The van der Waals surface area contributed by atoms with Crippen molar-refractivity contribution < 1.29 is 76.8 Å². The van der Waals surface area contributed by atoms with E-state index in [0.717, 1.165) is 0 Å². The first-order valence-corrected chi connectivity index (χ1v) is 22.1. The van der Waals surface area contributed by atoms with Gasteiger partial charge in [-0.2, -0.15) is 0 Å². The van der Waals surface area contributed by atoms with Crippen LogP contribution in [-0.2, 0) is 61.8 Å². The van der Waals surface area contributed by atoms with E-state index >= 15 is 0 Å². The van der Waals surface area contributed by atoms with Crippen molar-refractivity contribution in [1.82, 2.24) is 9.80 Å². The fraction of sp³-hybridized carbons (Fsp3) is 0.800. The van der Waals surface area contributed by atoms with Crippen LogP contribution in [0.25, 0.3) is 0 Å². The summed E-state index contributed by atoms with van der Waals surface area (Å²) >= 11 is 0. The Morgan fingerprint density at radius 2 is 1.63 bits per heavy atom. The molecule has 3 heterocycles. The molecule has 3 aliphatic heterocycles. The van der Waals surface area contributed by atoms with E-state index in [1.165, 1.54) is 26.1 Å². The maximum absolute atomic E-state index is 13.4. The number of aliphatic hydroxyl groups is 2. The molecule has 3 aliphatic rings. The molecule has 2 fully saturated rings. The Balaban J connectivity index is 2.06. The minimum Gasteiger partial charge on any atom is -0.462 e. The van der Waals surface area contributed by atoms with E-state index in [4.69, 9.17) is 42.6 Å². The SMILES string of the molecule is CCCC(=O)O[C@@H]1[C@@H](C)O[C@@H](O[C@H]2[C@H](N(C)C)[C@@H](O)[C@H](O[C@H]3[C@@H](CC=O)C[C@@H](C)[C@@H](O)/C=C/C=C/C[C@@H](C)OC(=O)C[C@@H](OC(=O)N(C)C)[C@@H]3OC)O[C@@H]2C)C[C@]1(C)OC(=O)CC. The van der Waals surface area contributed by atoms with Gasteiger partial charge in [0.05, 0.1) is 36.9 Å². The van der Waals surface area contributed by atoms with Crippen molar-refractivity contribution in [2.45, 2.75) is 185 Å². The lowest BCUT2D eigenvalue weighted by atomic mass is 9.82. The first kappa shape index (κ1) is 53.8. The Hall–Kier alpha value is -3.49. The minimum absolute atomic E-state index is 0.0126. The lowest BCUT2D eigenvalue weighted by Gasteiger charge is -2.51. The van der Waals surface area contributed by atoms with Gasteiger partial charge in [-0.25, -0.2) is 4.79 Å². The zero-order valence-corrected chi connectivity index (χ0v) is 39.2. The van der Waals surface area contributed by atoms with E-state index in [2.05, 4.69) is 0 Å². The van der Waals surface area contributed by atoms with E-state index in [9.17, 15) is 34.2 Å². The van der Waals surface area contributed by atoms with Crippen LogP contribution in [-0.4, -0.2) is 171 Å². The van der Waals surface area contributed by atoms with Crippen LogP contribution in [0.4, 0.5) is 4.79 Å². The number of methoxy groups -OCH3 is 1. The first-order chi connectivity index (χ1) is 29.7. The molecule has 18 heteroatoms. The van der Waals surface area contributed by atoms with Gasteiger partial charge in [0.2, 0.25) is 0 Å². The van der Waals surface area contributed by atoms with Crippen molar-refractivity contribution in [3.05, 3.63) is 24.3 Å². The molecule has 0 spiro atoms. The number of esters is 3. The molecule has 0 aromatic carbocycles. The molecule has 2 saturated heterocycles. The molecule has 2 N–H and O–H groups in total. The van der Waals surface area contributed by atoms with E-state index in [1.807, 2.05) is 13.8 Å². The second kappa shape index (κ2) is 25.3. The van der Waals surface area contributed by atoms with Crippen LogP contribution >= 0.6 is 0 Å². The largest absolute Gasteiger partial charge is 0.462 e. The highest BCUT2D eigenvalue weighted by Gasteiger charge is 2.54. The Bertz CT molecular complexity index is 1540. The smallest absolute Gasteiger partial charge is 0.409 e. The van der Waals surface area contributed by atoms with Crippen molar-refractivity contribution in [2.24, 2.45) is 11.8 Å². The zero-order valence-electron chi connectivity index (χ0n) is 39.2. The van der Waals surface area contributed by atoms with Gasteiger partial charge in [0.25, 0.3) is 0 Å². The van der Waals surface area contributed by atoms with Crippen molar-refractivity contribution in [2.75, 3.05) is 35.3 Å². The number of aldehydes is 1. The third kappa shape index (κ3) is 15.3. The Morgan fingerprint density at radius 1 is 0.937 bits per heavy atom. The number of hydrogen-bond donors (Lipinski definition) is 2. The van der Waals surface area contributed by atoms with Crippen LogP contribution < -0.4 is 0 Å². The van der Waals surface area contributed by atoms with Crippen LogP contribution in [0.15, 0.2) is 24.3 Å². The van der Waals surface area contributed by atoms with Gasteiger partial charge in [-0.1, -0.05) is 45.1 Å². The molecule has 360 valence electrons. The summed E-state index contributed by atoms with van der Waals surface area (Å²) in [5, 5.41) is 23.4. The van der Waals surface area contributed by atoms with Crippen molar-refractivity contribution in [3.63, 3.8) is 0 Å². The van der Waals surface area contributed by atoms with Gasteiger partial charge in [0.15, 0.2) is 24.3 Å². The molecule has 63 heavy (non-hydrogen) atoms. The molecule has 0 aliphatic carbocycles. The Labute approximate surface area is 372 Å². The molecule has 0 unspecified atom stereocenters. The lowest BCUT2D eigenvalue weighted by molar-refractivity contribution is -0.344. The first-order valence-electron chi connectivity index (χ1n) is 22.1. The summed E-state index contributed by atoms with van der Waals surface area (Å²) in [6.45, 7) is 12.2. The zero-order chi connectivity index (χ0) is 47.2. The number of carbonyl (C=O) groups is 5. The summed E-state index contributed by atoms with van der Waals surface area (Å²) in [6, 6.07) is -0.823. The average Bonchev–Trinajstić information content (AvgIpc) is 3.19. The quantitative estimate of drug-likeness (QED) is 0.144. The highest BCUT2D eigenvalue weighted by atomic mass is 16.7. The van der Waals surface area contributed by atoms with Gasteiger partial charge in [-0.05, 0) is 66.5 Å².